The van der Waals surface area contributed by atoms with Gasteiger partial charge in [-0.1, -0.05) is 0 Å². The predicted molar refractivity (Wildman–Crippen MR) is 78.7 cm³/mol. The van der Waals surface area contributed by atoms with E-state index in [9.17, 15) is 4.79 Å². The maximum atomic E-state index is 11.8. The molecule has 108 valence electrons. The van der Waals surface area contributed by atoms with Crippen LogP contribution in [0.4, 0.5) is 0 Å². The zero-order valence-electron chi connectivity index (χ0n) is 11.7. The number of carbonyl (C=O) groups is 1. The summed E-state index contributed by atoms with van der Waals surface area (Å²) in [4.78, 5) is 16.0. The van der Waals surface area contributed by atoms with Crippen LogP contribution in [-0.4, -0.2) is 27.2 Å². The summed E-state index contributed by atoms with van der Waals surface area (Å²) < 4.78 is 1.96. The van der Waals surface area contributed by atoms with Gasteiger partial charge in [0.2, 0.25) is 0 Å². The van der Waals surface area contributed by atoms with Crippen LogP contribution < -0.4 is 11.1 Å². The minimum atomic E-state index is -0.144. The van der Waals surface area contributed by atoms with Gasteiger partial charge in [0.05, 0.1) is 5.69 Å². The van der Waals surface area contributed by atoms with Crippen molar-refractivity contribution in [2.75, 3.05) is 6.54 Å². The zero-order valence-corrected chi connectivity index (χ0v) is 12.5. The highest BCUT2D eigenvalue weighted by Crippen LogP contribution is 2.08. The number of rotatable bonds is 6. The molecule has 0 saturated heterocycles. The van der Waals surface area contributed by atoms with Crippen molar-refractivity contribution < 1.29 is 4.79 Å². The second-order valence-corrected chi connectivity index (χ2v) is 5.53. The first-order chi connectivity index (χ1) is 9.60. The Kier molecular flexibility index (Phi) is 4.86. The molecule has 2 aromatic rings. The average molecular weight is 293 g/mol. The van der Waals surface area contributed by atoms with Crippen LogP contribution in [0.25, 0.3) is 0 Å². The minimum absolute atomic E-state index is 0.144. The van der Waals surface area contributed by atoms with Gasteiger partial charge < -0.3 is 11.1 Å². The third-order valence-corrected chi connectivity index (χ3v) is 3.77. The molecule has 0 radical (unpaired) electrons. The number of nitrogens with one attached hydrogen (secondary N) is 1. The molecule has 7 heteroatoms. The van der Waals surface area contributed by atoms with Crippen molar-refractivity contribution in [3.63, 3.8) is 0 Å². The van der Waals surface area contributed by atoms with Gasteiger partial charge in [-0.15, -0.1) is 11.3 Å². The van der Waals surface area contributed by atoms with Crippen LogP contribution in [0.5, 0.6) is 0 Å². The van der Waals surface area contributed by atoms with Gasteiger partial charge in [-0.3, -0.25) is 9.48 Å². The van der Waals surface area contributed by atoms with Crippen LogP contribution in [0, 0.1) is 13.8 Å². The first-order valence-corrected chi connectivity index (χ1v) is 7.42. The number of carbonyl (C=O) groups excluding carboxylic acids is 1. The van der Waals surface area contributed by atoms with E-state index in [4.69, 9.17) is 5.73 Å². The summed E-state index contributed by atoms with van der Waals surface area (Å²) in [5.41, 5.74) is 8.07. The lowest BCUT2D eigenvalue weighted by molar-refractivity contribution is 0.0948. The van der Waals surface area contributed by atoms with Gasteiger partial charge in [0.25, 0.3) is 5.91 Å². The number of hydrogen-bond acceptors (Lipinski definition) is 5. The maximum Gasteiger partial charge on any atom is 0.270 e. The molecule has 0 aliphatic carbocycles. The van der Waals surface area contributed by atoms with E-state index in [1.165, 1.54) is 11.3 Å². The van der Waals surface area contributed by atoms with E-state index in [1.54, 1.807) is 5.38 Å². The Morgan fingerprint density at radius 1 is 1.50 bits per heavy atom. The van der Waals surface area contributed by atoms with Gasteiger partial charge in [-0.2, -0.15) is 5.10 Å². The number of thiazole rings is 1. The largest absolute Gasteiger partial charge is 0.351 e. The van der Waals surface area contributed by atoms with Crippen molar-refractivity contribution in [2.24, 2.45) is 5.73 Å². The molecule has 0 bridgehead atoms. The van der Waals surface area contributed by atoms with Gasteiger partial charge in [0.15, 0.2) is 0 Å². The molecule has 0 atom stereocenters. The van der Waals surface area contributed by atoms with Crippen molar-refractivity contribution in [3.8, 4) is 0 Å². The summed E-state index contributed by atoms with van der Waals surface area (Å²) in [6, 6.07) is 2.04. The van der Waals surface area contributed by atoms with Crippen LogP contribution >= 0.6 is 11.3 Å². The Balaban J connectivity index is 1.75. The summed E-state index contributed by atoms with van der Waals surface area (Å²) in [6.45, 7) is 5.78. The SMILES string of the molecule is Cc1cc(C)n(CCCNC(=O)c2csc(CN)n2)n1. The lowest BCUT2D eigenvalue weighted by atomic mass is 10.3. The summed E-state index contributed by atoms with van der Waals surface area (Å²) >= 11 is 1.41. The van der Waals surface area contributed by atoms with E-state index < -0.39 is 0 Å². The predicted octanol–water partition coefficient (Wildman–Crippen LogP) is 1.24. The Hall–Kier alpha value is -1.73. The Morgan fingerprint density at radius 3 is 2.90 bits per heavy atom. The fourth-order valence-electron chi connectivity index (χ4n) is 1.93. The Bertz CT molecular complexity index is 589. The van der Waals surface area contributed by atoms with E-state index in [-0.39, 0.29) is 5.91 Å². The lowest BCUT2D eigenvalue weighted by Crippen LogP contribution is -2.25. The normalized spacial score (nSPS) is 10.8. The Labute approximate surface area is 122 Å². The fourth-order valence-corrected chi connectivity index (χ4v) is 2.59. The number of aromatic nitrogens is 3. The lowest BCUT2D eigenvalue weighted by Gasteiger charge is -2.05. The Morgan fingerprint density at radius 2 is 2.30 bits per heavy atom. The summed E-state index contributed by atoms with van der Waals surface area (Å²) in [7, 11) is 0. The highest BCUT2D eigenvalue weighted by atomic mass is 32.1. The van der Waals surface area contributed by atoms with Crippen molar-refractivity contribution in [2.45, 2.75) is 33.4 Å². The third-order valence-electron chi connectivity index (χ3n) is 2.89. The molecule has 0 saturated carbocycles. The van der Waals surface area contributed by atoms with Crippen LogP contribution in [0.1, 0.15) is 33.3 Å². The second-order valence-electron chi connectivity index (χ2n) is 4.59. The van der Waals surface area contributed by atoms with Crippen molar-refractivity contribution >= 4 is 17.2 Å². The van der Waals surface area contributed by atoms with Crippen molar-refractivity contribution in [1.29, 1.82) is 0 Å². The molecule has 2 aromatic heterocycles. The summed E-state index contributed by atoms with van der Waals surface area (Å²) in [5.74, 6) is -0.144. The smallest absolute Gasteiger partial charge is 0.270 e. The first-order valence-electron chi connectivity index (χ1n) is 6.54. The van der Waals surface area contributed by atoms with E-state index in [2.05, 4.69) is 15.4 Å². The van der Waals surface area contributed by atoms with Crippen LogP contribution in [-0.2, 0) is 13.1 Å². The van der Waals surface area contributed by atoms with Crippen molar-refractivity contribution in [3.05, 3.63) is 33.5 Å². The number of nitrogens with two attached hydrogens (primary N) is 1. The molecule has 2 heterocycles. The zero-order chi connectivity index (χ0) is 14.5. The topological polar surface area (TPSA) is 85.8 Å². The van der Waals surface area contributed by atoms with Gasteiger partial charge in [-0.25, -0.2) is 4.98 Å². The van der Waals surface area contributed by atoms with Gasteiger partial charge in [0.1, 0.15) is 10.7 Å². The van der Waals surface area contributed by atoms with E-state index >= 15 is 0 Å². The molecule has 20 heavy (non-hydrogen) atoms. The first kappa shape index (κ1) is 14.7. The molecule has 0 aromatic carbocycles. The summed E-state index contributed by atoms with van der Waals surface area (Å²) in [6.07, 6.45) is 0.835. The van der Waals surface area contributed by atoms with Crippen LogP contribution in [0.3, 0.4) is 0 Å². The molecule has 3 N–H and O–H groups in total. The molecule has 0 fully saturated rings. The highest BCUT2D eigenvalue weighted by molar-refractivity contribution is 7.09. The van der Waals surface area contributed by atoms with E-state index in [0.717, 1.165) is 29.4 Å². The fraction of sp³-hybridized carbons (Fsp3) is 0.462. The van der Waals surface area contributed by atoms with Crippen LogP contribution in [0.2, 0.25) is 0 Å². The van der Waals surface area contributed by atoms with Crippen molar-refractivity contribution in [1.82, 2.24) is 20.1 Å². The monoisotopic (exact) mass is 293 g/mol. The molecule has 6 nitrogen and oxygen atoms in total. The number of aryl methyl sites for hydroxylation is 3. The van der Waals surface area contributed by atoms with Crippen LogP contribution in [0.15, 0.2) is 11.4 Å². The van der Waals surface area contributed by atoms with Gasteiger partial charge in [0, 0.05) is 30.7 Å². The number of nitrogens with zero attached hydrogens (tertiary/aromatic N) is 3. The van der Waals surface area contributed by atoms with E-state index in [1.807, 2.05) is 24.6 Å². The number of hydrogen-bond donors (Lipinski definition) is 2. The molecule has 1 amide bonds. The minimum Gasteiger partial charge on any atom is -0.351 e. The molecule has 0 aliphatic rings. The standard InChI is InChI=1S/C13H19N5OS/c1-9-6-10(2)18(17-9)5-3-4-15-13(19)11-8-20-12(7-14)16-11/h6,8H,3-5,7,14H2,1-2H3,(H,15,19). The maximum absolute atomic E-state index is 11.8. The van der Waals surface area contributed by atoms with Gasteiger partial charge >= 0.3 is 0 Å². The molecule has 0 unspecified atom stereocenters. The third kappa shape index (κ3) is 3.64. The van der Waals surface area contributed by atoms with Gasteiger partial charge in [-0.05, 0) is 26.3 Å². The number of amides is 1. The second kappa shape index (κ2) is 6.62. The molecule has 0 aliphatic heterocycles. The molecular weight excluding hydrogens is 274 g/mol. The summed E-state index contributed by atoms with van der Waals surface area (Å²) in [5, 5.41) is 9.75. The van der Waals surface area contributed by atoms with E-state index in [0.29, 0.717) is 18.8 Å². The molecule has 0 spiro atoms. The quantitative estimate of drug-likeness (QED) is 0.785. The highest BCUT2D eigenvalue weighted by Gasteiger charge is 2.09. The molecule has 2 rings (SSSR count). The molecular formula is C13H19N5OS. The average Bonchev–Trinajstić information content (AvgIpc) is 3.01.